The summed E-state index contributed by atoms with van der Waals surface area (Å²) in [7, 11) is 0. The van der Waals surface area contributed by atoms with Crippen LogP contribution in [0, 0.1) is 0 Å². The number of nitrogens with zero attached hydrogens (tertiary/aromatic N) is 1. The summed E-state index contributed by atoms with van der Waals surface area (Å²) < 4.78 is 0.903. The number of aliphatic imine (C=N–C) groups is 1. The molecule has 0 aromatic heterocycles. The largest absolute Gasteiger partial charge is 0.324 e. The Balaban J connectivity index is 2.73. The molecule has 0 fully saturated rings. The van der Waals surface area contributed by atoms with Crippen LogP contribution in [0.1, 0.15) is 19.8 Å². The van der Waals surface area contributed by atoms with E-state index in [0.29, 0.717) is 11.0 Å². The molecule has 6 heteroatoms. The Morgan fingerprint density at radius 1 is 1.53 bits per heavy atom. The van der Waals surface area contributed by atoms with Crippen LogP contribution in [0.15, 0.2) is 27.7 Å². The fourth-order valence-electron chi connectivity index (χ4n) is 1.19. The Labute approximate surface area is 115 Å². The summed E-state index contributed by atoms with van der Waals surface area (Å²) in [4.78, 5) is 4.30. The zero-order chi connectivity index (χ0) is 12.7. The summed E-state index contributed by atoms with van der Waals surface area (Å²) in [6, 6.07) is 5.48. The van der Waals surface area contributed by atoms with Crippen LogP contribution in [-0.2, 0) is 0 Å². The van der Waals surface area contributed by atoms with E-state index < -0.39 is 0 Å². The number of rotatable bonds is 4. The van der Waals surface area contributed by atoms with Crippen LogP contribution >= 0.6 is 27.5 Å². The molecule has 0 aliphatic rings. The third-order valence-corrected chi connectivity index (χ3v) is 3.03. The first-order chi connectivity index (χ1) is 8.17. The van der Waals surface area contributed by atoms with Crippen molar-refractivity contribution in [2.24, 2.45) is 10.8 Å². The predicted octanol–water partition coefficient (Wildman–Crippen LogP) is 3.13. The van der Waals surface area contributed by atoms with Crippen molar-refractivity contribution in [3.63, 3.8) is 0 Å². The molecule has 0 saturated heterocycles. The molecule has 0 aliphatic carbocycles. The molecule has 4 N–H and O–H groups in total. The smallest absolute Gasteiger partial charge is 0.210 e. The van der Waals surface area contributed by atoms with E-state index in [2.05, 4.69) is 38.6 Å². The summed E-state index contributed by atoms with van der Waals surface area (Å²) in [5, 5.41) is 3.73. The number of anilines is 1. The number of nitrogens with one attached hydrogen (secondary N) is 2. The highest BCUT2D eigenvalue weighted by atomic mass is 79.9. The zero-order valence-electron chi connectivity index (χ0n) is 9.63. The van der Waals surface area contributed by atoms with E-state index in [1.165, 1.54) is 0 Å². The quantitative estimate of drug-likeness (QED) is 0.263. The Morgan fingerprint density at radius 2 is 2.29 bits per heavy atom. The highest BCUT2D eigenvalue weighted by Gasteiger charge is 2.03. The second-order valence-electron chi connectivity index (χ2n) is 3.48. The standard InChI is InChI=1S/C11H16BrClN4/c1-2-3-6-15-11(17-14)16-10-7-8(13)4-5-9(10)12/h4-5,7H,2-3,6,14H2,1H3,(H2,15,16,17). The minimum atomic E-state index is 0.529. The lowest BCUT2D eigenvalue weighted by Crippen LogP contribution is -2.36. The van der Waals surface area contributed by atoms with Crippen molar-refractivity contribution in [3.05, 3.63) is 27.7 Å². The van der Waals surface area contributed by atoms with Crippen molar-refractivity contribution in [1.29, 1.82) is 0 Å². The van der Waals surface area contributed by atoms with Crippen LogP contribution in [0.2, 0.25) is 5.02 Å². The van der Waals surface area contributed by atoms with Gasteiger partial charge >= 0.3 is 0 Å². The highest BCUT2D eigenvalue weighted by Crippen LogP contribution is 2.25. The van der Waals surface area contributed by atoms with Gasteiger partial charge in [-0.15, -0.1) is 0 Å². The topological polar surface area (TPSA) is 62.4 Å². The van der Waals surface area contributed by atoms with Crippen LogP contribution in [0.3, 0.4) is 0 Å². The molecule has 4 nitrogen and oxygen atoms in total. The van der Waals surface area contributed by atoms with Gasteiger partial charge in [-0.1, -0.05) is 24.9 Å². The first kappa shape index (κ1) is 14.3. The molecule has 1 aromatic rings. The number of guanidine groups is 1. The van der Waals surface area contributed by atoms with Gasteiger partial charge < -0.3 is 5.32 Å². The Kier molecular flexibility index (Phi) is 6.32. The third-order valence-electron chi connectivity index (χ3n) is 2.10. The monoisotopic (exact) mass is 318 g/mol. The van der Waals surface area contributed by atoms with Crippen molar-refractivity contribution >= 4 is 39.2 Å². The predicted molar refractivity (Wildman–Crippen MR) is 77.3 cm³/mol. The molecular weight excluding hydrogens is 304 g/mol. The minimum absolute atomic E-state index is 0.529. The molecule has 0 radical (unpaired) electrons. The summed E-state index contributed by atoms with van der Waals surface area (Å²) in [5.74, 6) is 5.93. The first-order valence-electron chi connectivity index (χ1n) is 5.40. The van der Waals surface area contributed by atoms with Crippen molar-refractivity contribution < 1.29 is 0 Å². The maximum Gasteiger partial charge on any atom is 0.210 e. The molecule has 0 spiro atoms. The van der Waals surface area contributed by atoms with E-state index >= 15 is 0 Å². The van der Waals surface area contributed by atoms with E-state index in [4.69, 9.17) is 17.4 Å². The zero-order valence-corrected chi connectivity index (χ0v) is 12.0. The van der Waals surface area contributed by atoms with Gasteiger partial charge in [-0.2, -0.15) is 0 Å². The third kappa shape index (κ3) is 4.93. The molecule has 0 unspecified atom stereocenters. The van der Waals surface area contributed by atoms with Crippen LogP contribution in [0.4, 0.5) is 5.69 Å². The number of hydrogen-bond acceptors (Lipinski definition) is 2. The fraction of sp³-hybridized carbons (Fsp3) is 0.364. The molecule has 0 atom stereocenters. The molecule has 0 bridgehead atoms. The SMILES string of the molecule is CCCCN=C(NN)Nc1cc(Cl)ccc1Br. The molecule has 0 heterocycles. The maximum atomic E-state index is 5.92. The lowest BCUT2D eigenvalue weighted by Gasteiger charge is -2.11. The van der Waals surface area contributed by atoms with E-state index in [-0.39, 0.29) is 0 Å². The summed E-state index contributed by atoms with van der Waals surface area (Å²) in [5.41, 5.74) is 3.36. The number of benzene rings is 1. The second-order valence-corrected chi connectivity index (χ2v) is 4.77. The molecule has 0 amide bonds. The fourth-order valence-corrected chi connectivity index (χ4v) is 1.71. The number of nitrogens with two attached hydrogens (primary N) is 1. The van der Waals surface area contributed by atoms with Crippen LogP contribution in [0.5, 0.6) is 0 Å². The van der Waals surface area contributed by atoms with Gasteiger partial charge in [-0.25, -0.2) is 5.84 Å². The highest BCUT2D eigenvalue weighted by molar-refractivity contribution is 9.10. The van der Waals surface area contributed by atoms with Gasteiger partial charge in [-0.05, 0) is 40.5 Å². The first-order valence-corrected chi connectivity index (χ1v) is 6.57. The van der Waals surface area contributed by atoms with Gasteiger partial charge in [0.2, 0.25) is 5.96 Å². The molecule has 0 aliphatic heterocycles. The van der Waals surface area contributed by atoms with Gasteiger partial charge in [0.05, 0.1) is 5.69 Å². The number of halogens is 2. The number of hydrogen-bond donors (Lipinski definition) is 3. The van der Waals surface area contributed by atoms with Crippen LogP contribution < -0.4 is 16.6 Å². The summed E-state index contributed by atoms with van der Waals surface area (Å²) in [6.45, 7) is 2.85. The van der Waals surface area contributed by atoms with E-state index in [9.17, 15) is 0 Å². The second kappa shape index (κ2) is 7.53. The van der Waals surface area contributed by atoms with Gasteiger partial charge in [0.1, 0.15) is 0 Å². The average Bonchev–Trinajstić information content (AvgIpc) is 2.32. The molecule has 94 valence electrons. The average molecular weight is 320 g/mol. The van der Waals surface area contributed by atoms with Crippen LogP contribution in [-0.4, -0.2) is 12.5 Å². The summed E-state index contributed by atoms with van der Waals surface area (Å²) >= 11 is 9.34. The van der Waals surface area contributed by atoms with Crippen molar-refractivity contribution in [2.45, 2.75) is 19.8 Å². The van der Waals surface area contributed by atoms with Gasteiger partial charge in [0.25, 0.3) is 0 Å². The van der Waals surface area contributed by atoms with Crippen molar-refractivity contribution in [1.82, 2.24) is 5.43 Å². The van der Waals surface area contributed by atoms with Crippen LogP contribution in [0.25, 0.3) is 0 Å². The number of unbranched alkanes of at least 4 members (excludes halogenated alkanes) is 1. The Morgan fingerprint density at radius 3 is 2.94 bits per heavy atom. The van der Waals surface area contributed by atoms with E-state index in [1.807, 2.05) is 6.07 Å². The van der Waals surface area contributed by atoms with Crippen molar-refractivity contribution in [2.75, 3.05) is 11.9 Å². The summed E-state index contributed by atoms with van der Waals surface area (Å²) in [6.07, 6.45) is 2.13. The lowest BCUT2D eigenvalue weighted by atomic mass is 10.3. The Hall–Kier alpha value is -0.780. The molecule has 1 rings (SSSR count). The van der Waals surface area contributed by atoms with Gasteiger partial charge in [-0.3, -0.25) is 10.4 Å². The van der Waals surface area contributed by atoms with E-state index in [1.54, 1.807) is 12.1 Å². The molecular formula is C11H16BrClN4. The normalized spacial score (nSPS) is 11.4. The van der Waals surface area contributed by atoms with Gasteiger partial charge in [0.15, 0.2) is 0 Å². The van der Waals surface area contributed by atoms with E-state index in [0.717, 1.165) is 29.5 Å². The Bertz CT molecular complexity index is 395. The van der Waals surface area contributed by atoms with Gasteiger partial charge in [0, 0.05) is 16.0 Å². The van der Waals surface area contributed by atoms with Crippen molar-refractivity contribution in [3.8, 4) is 0 Å². The number of hydrazine groups is 1. The lowest BCUT2D eigenvalue weighted by molar-refractivity contribution is 0.801. The molecule has 17 heavy (non-hydrogen) atoms. The maximum absolute atomic E-state index is 5.92. The molecule has 0 saturated carbocycles. The minimum Gasteiger partial charge on any atom is -0.324 e. The molecule has 1 aromatic carbocycles.